The molecule has 0 amide bonds. The van der Waals surface area contributed by atoms with E-state index in [1.807, 2.05) is 19.9 Å². The minimum atomic E-state index is -3.60. The summed E-state index contributed by atoms with van der Waals surface area (Å²) >= 11 is 0. The maximum absolute atomic E-state index is 11.5. The molecule has 0 radical (unpaired) electrons. The van der Waals surface area contributed by atoms with Gasteiger partial charge in [-0.2, -0.15) is 0 Å². The van der Waals surface area contributed by atoms with Crippen LogP contribution in [0.5, 0.6) is 0 Å². The molecule has 0 unspecified atom stereocenters. The zero-order chi connectivity index (χ0) is 12.3. The first-order valence-electron chi connectivity index (χ1n) is 5.62. The van der Waals surface area contributed by atoms with Crippen LogP contribution in [0.3, 0.4) is 0 Å². The molecule has 0 saturated carbocycles. The molecule has 0 atom stereocenters. The Bertz CT molecular complexity index is 478. The van der Waals surface area contributed by atoms with E-state index in [0.717, 1.165) is 24.0 Å². The van der Waals surface area contributed by atoms with Crippen LogP contribution in [-0.2, 0) is 29.3 Å². The van der Waals surface area contributed by atoms with Crippen molar-refractivity contribution in [1.82, 2.24) is 0 Å². The lowest BCUT2D eigenvalue weighted by Crippen LogP contribution is -2.16. The molecule has 0 fully saturated rings. The average Bonchev–Trinajstić information content (AvgIpc) is 2.25. The highest BCUT2D eigenvalue weighted by atomic mass is 32.2. The molecule has 1 rings (SSSR count). The first-order valence-corrected chi connectivity index (χ1v) is 7.16. The maximum Gasteiger partial charge on any atom is 0.238 e. The van der Waals surface area contributed by atoms with Crippen LogP contribution in [-0.4, -0.2) is 8.42 Å². The number of benzene rings is 1. The summed E-state index contributed by atoms with van der Waals surface area (Å²) < 4.78 is 22.9. The molecule has 0 spiro atoms. The second-order valence-corrected chi connectivity index (χ2v) is 5.32. The van der Waals surface area contributed by atoms with Gasteiger partial charge in [-0.3, -0.25) is 0 Å². The Labute approximate surface area is 97.7 Å². The van der Waals surface area contributed by atoms with Crippen LogP contribution in [0.15, 0.2) is 17.0 Å². The van der Waals surface area contributed by atoms with Crippen LogP contribution in [0.25, 0.3) is 0 Å². The van der Waals surface area contributed by atoms with Gasteiger partial charge in [0.05, 0.1) is 4.90 Å². The van der Waals surface area contributed by atoms with Gasteiger partial charge in [-0.05, 0) is 42.0 Å². The Balaban J connectivity index is 3.56. The molecule has 0 heterocycles. The highest BCUT2D eigenvalue weighted by Gasteiger charge is 2.17. The molecule has 3 nitrogen and oxygen atoms in total. The standard InChI is InChI=1S/C12H19NO2S/c1-4-9-7-8-12(16(13,14)15)11(6-3)10(9)5-2/h7-8H,4-6H2,1-3H3,(H2,13,14,15). The summed E-state index contributed by atoms with van der Waals surface area (Å²) in [4.78, 5) is 0.282. The van der Waals surface area contributed by atoms with E-state index in [9.17, 15) is 8.42 Å². The SMILES string of the molecule is CCc1ccc(S(N)(=O)=O)c(CC)c1CC. The number of primary sulfonamides is 1. The number of nitrogens with two attached hydrogens (primary N) is 1. The van der Waals surface area contributed by atoms with E-state index in [-0.39, 0.29) is 4.90 Å². The van der Waals surface area contributed by atoms with Crippen LogP contribution in [0.2, 0.25) is 0 Å². The van der Waals surface area contributed by atoms with Crippen molar-refractivity contribution in [2.75, 3.05) is 0 Å². The van der Waals surface area contributed by atoms with Crippen molar-refractivity contribution in [3.8, 4) is 0 Å². The number of aryl methyl sites for hydroxylation is 1. The summed E-state index contributed by atoms with van der Waals surface area (Å²) in [6.07, 6.45) is 2.46. The molecular formula is C12H19NO2S. The van der Waals surface area contributed by atoms with E-state index in [4.69, 9.17) is 5.14 Å². The van der Waals surface area contributed by atoms with Crippen LogP contribution in [0.4, 0.5) is 0 Å². The minimum absolute atomic E-state index is 0.282. The topological polar surface area (TPSA) is 60.2 Å². The quantitative estimate of drug-likeness (QED) is 0.876. The average molecular weight is 241 g/mol. The highest BCUT2D eigenvalue weighted by Crippen LogP contribution is 2.24. The normalized spacial score (nSPS) is 11.8. The first-order chi connectivity index (χ1) is 7.45. The van der Waals surface area contributed by atoms with Gasteiger partial charge in [0.2, 0.25) is 10.0 Å². The predicted octanol–water partition coefficient (Wildman–Crippen LogP) is 2.02. The van der Waals surface area contributed by atoms with Gasteiger partial charge in [-0.15, -0.1) is 0 Å². The van der Waals surface area contributed by atoms with Crippen LogP contribution in [0, 0.1) is 0 Å². The fraction of sp³-hybridized carbons (Fsp3) is 0.500. The monoisotopic (exact) mass is 241 g/mol. The Morgan fingerprint density at radius 1 is 1.00 bits per heavy atom. The van der Waals surface area contributed by atoms with Gasteiger partial charge in [0.1, 0.15) is 0 Å². The third kappa shape index (κ3) is 2.44. The fourth-order valence-corrected chi connectivity index (χ4v) is 3.01. The van der Waals surface area contributed by atoms with Crippen LogP contribution < -0.4 is 5.14 Å². The highest BCUT2D eigenvalue weighted by molar-refractivity contribution is 7.89. The molecule has 0 saturated heterocycles. The molecular weight excluding hydrogens is 222 g/mol. The minimum Gasteiger partial charge on any atom is -0.225 e. The summed E-state index contributed by atoms with van der Waals surface area (Å²) in [6.45, 7) is 6.08. The molecule has 4 heteroatoms. The lowest BCUT2D eigenvalue weighted by Gasteiger charge is -2.15. The zero-order valence-electron chi connectivity index (χ0n) is 10.1. The van der Waals surface area contributed by atoms with Crippen molar-refractivity contribution in [3.05, 3.63) is 28.8 Å². The molecule has 1 aromatic carbocycles. The van der Waals surface area contributed by atoms with Crippen molar-refractivity contribution in [2.45, 2.75) is 44.9 Å². The Kier molecular flexibility index (Phi) is 4.10. The number of rotatable bonds is 4. The van der Waals surface area contributed by atoms with E-state index in [0.29, 0.717) is 6.42 Å². The molecule has 90 valence electrons. The van der Waals surface area contributed by atoms with Crippen molar-refractivity contribution in [2.24, 2.45) is 5.14 Å². The molecule has 0 aliphatic rings. The van der Waals surface area contributed by atoms with E-state index >= 15 is 0 Å². The number of hydrogen-bond donors (Lipinski definition) is 1. The summed E-state index contributed by atoms with van der Waals surface area (Å²) in [6, 6.07) is 3.50. The maximum atomic E-state index is 11.5. The third-order valence-electron chi connectivity index (χ3n) is 2.88. The lowest BCUT2D eigenvalue weighted by atomic mass is 9.96. The van der Waals surface area contributed by atoms with Crippen molar-refractivity contribution in [1.29, 1.82) is 0 Å². The summed E-state index contributed by atoms with van der Waals surface area (Å²) in [7, 11) is -3.60. The van der Waals surface area contributed by atoms with Crippen LogP contribution in [0.1, 0.15) is 37.5 Å². The molecule has 2 N–H and O–H groups in total. The van der Waals surface area contributed by atoms with E-state index < -0.39 is 10.0 Å². The van der Waals surface area contributed by atoms with Gasteiger partial charge < -0.3 is 0 Å². The molecule has 0 aliphatic heterocycles. The zero-order valence-corrected chi connectivity index (χ0v) is 10.9. The smallest absolute Gasteiger partial charge is 0.225 e. The van der Waals surface area contributed by atoms with Gasteiger partial charge in [0, 0.05) is 0 Å². The van der Waals surface area contributed by atoms with Gasteiger partial charge in [0.25, 0.3) is 0 Å². The first kappa shape index (κ1) is 13.2. The Morgan fingerprint density at radius 2 is 1.56 bits per heavy atom. The van der Waals surface area contributed by atoms with Crippen molar-refractivity contribution < 1.29 is 8.42 Å². The molecule has 0 aromatic heterocycles. The fourth-order valence-electron chi connectivity index (χ4n) is 2.15. The van der Waals surface area contributed by atoms with E-state index in [1.54, 1.807) is 6.07 Å². The molecule has 0 bridgehead atoms. The summed E-state index contributed by atoms with van der Waals surface area (Å²) in [5.74, 6) is 0. The van der Waals surface area contributed by atoms with Gasteiger partial charge >= 0.3 is 0 Å². The van der Waals surface area contributed by atoms with Gasteiger partial charge in [0.15, 0.2) is 0 Å². The summed E-state index contributed by atoms with van der Waals surface area (Å²) in [5.41, 5.74) is 3.23. The van der Waals surface area contributed by atoms with E-state index in [1.165, 1.54) is 5.56 Å². The second kappa shape index (κ2) is 4.97. The summed E-state index contributed by atoms with van der Waals surface area (Å²) in [5, 5.41) is 5.22. The van der Waals surface area contributed by atoms with Crippen LogP contribution >= 0.6 is 0 Å². The number of hydrogen-bond acceptors (Lipinski definition) is 2. The van der Waals surface area contributed by atoms with Gasteiger partial charge in [-0.1, -0.05) is 26.8 Å². The molecule has 16 heavy (non-hydrogen) atoms. The van der Waals surface area contributed by atoms with E-state index in [2.05, 4.69) is 6.92 Å². The Hall–Kier alpha value is -0.870. The van der Waals surface area contributed by atoms with Crippen molar-refractivity contribution >= 4 is 10.0 Å². The van der Waals surface area contributed by atoms with Gasteiger partial charge in [-0.25, -0.2) is 13.6 Å². The lowest BCUT2D eigenvalue weighted by molar-refractivity contribution is 0.596. The predicted molar refractivity (Wildman–Crippen MR) is 65.9 cm³/mol. The molecule has 0 aliphatic carbocycles. The second-order valence-electron chi connectivity index (χ2n) is 3.79. The Morgan fingerprint density at radius 3 is 1.94 bits per heavy atom. The largest absolute Gasteiger partial charge is 0.238 e. The molecule has 1 aromatic rings. The number of sulfonamides is 1. The van der Waals surface area contributed by atoms with Crippen molar-refractivity contribution in [3.63, 3.8) is 0 Å². The third-order valence-corrected chi connectivity index (χ3v) is 3.88.